The molecule has 0 fully saturated rings. The third-order valence-electron chi connectivity index (χ3n) is 2.21. The van der Waals surface area contributed by atoms with Gasteiger partial charge in [0.05, 0.1) is 7.11 Å². The molecular weight excluding hydrogens is 194 g/mol. The maximum absolute atomic E-state index is 11.3. The monoisotopic (exact) mass is 215 g/mol. The topological polar surface area (TPSA) is 55.4 Å². The van der Waals surface area contributed by atoms with E-state index >= 15 is 0 Å². The van der Waals surface area contributed by atoms with E-state index in [9.17, 15) is 9.59 Å². The fourth-order valence-corrected chi connectivity index (χ4v) is 1.41. The number of hydrogen-bond acceptors (Lipinski definition) is 3. The number of amides is 1. The molecule has 1 unspecified atom stereocenters. The van der Waals surface area contributed by atoms with E-state index in [1.54, 1.807) is 0 Å². The molecule has 4 heteroatoms. The predicted octanol–water partition coefficient (Wildman–Crippen LogP) is 1.63. The van der Waals surface area contributed by atoms with Crippen molar-refractivity contribution in [2.75, 3.05) is 7.11 Å². The molecule has 4 nitrogen and oxygen atoms in total. The van der Waals surface area contributed by atoms with Crippen molar-refractivity contribution >= 4 is 11.9 Å². The van der Waals surface area contributed by atoms with Crippen molar-refractivity contribution in [3.8, 4) is 0 Å². The molecule has 15 heavy (non-hydrogen) atoms. The fraction of sp³-hybridized carbons (Fsp3) is 0.818. The van der Waals surface area contributed by atoms with Crippen LogP contribution in [0.5, 0.6) is 0 Å². The average Bonchev–Trinajstić information content (AvgIpc) is 2.21. The maximum Gasteiger partial charge on any atom is 0.328 e. The standard InChI is InChI=1S/C11H21NO3/c1-4-5-6-7-8-10(11(14)15-3)12-9(2)13/h10H,4-8H2,1-3H3,(H,12,13). The molecule has 0 radical (unpaired) electrons. The van der Waals surface area contributed by atoms with Crippen LogP contribution in [-0.2, 0) is 14.3 Å². The summed E-state index contributed by atoms with van der Waals surface area (Å²) in [6.07, 6.45) is 5.00. The number of nitrogens with one attached hydrogen (secondary N) is 1. The van der Waals surface area contributed by atoms with Crippen molar-refractivity contribution in [2.24, 2.45) is 0 Å². The Hall–Kier alpha value is -1.06. The lowest BCUT2D eigenvalue weighted by molar-refractivity contribution is -0.145. The van der Waals surface area contributed by atoms with Gasteiger partial charge in [0.25, 0.3) is 0 Å². The van der Waals surface area contributed by atoms with Gasteiger partial charge in [0, 0.05) is 6.92 Å². The highest BCUT2D eigenvalue weighted by molar-refractivity contribution is 5.83. The van der Waals surface area contributed by atoms with Gasteiger partial charge in [-0.3, -0.25) is 4.79 Å². The van der Waals surface area contributed by atoms with Gasteiger partial charge in [-0.2, -0.15) is 0 Å². The highest BCUT2D eigenvalue weighted by Gasteiger charge is 2.18. The Morgan fingerprint density at radius 2 is 1.93 bits per heavy atom. The average molecular weight is 215 g/mol. The van der Waals surface area contributed by atoms with E-state index in [2.05, 4.69) is 17.0 Å². The van der Waals surface area contributed by atoms with Gasteiger partial charge in [0.1, 0.15) is 6.04 Å². The summed E-state index contributed by atoms with van der Waals surface area (Å²) in [5.41, 5.74) is 0. The van der Waals surface area contributed by atoms with E-state index in [0.717, 1.165) is 25.7 Å². The van der Waals surface area contributed by atoms with Gasteiger partial charge in [0.15, 0.2) is 0 Å². The van der Waals surface area contributed by atoms with Crippen LogP contribution < -0.4 is 5.32 Å². The summed E-state index contributed by atoms with van der Waals surface area (Å²) < 4.78 is 4.62. The second-order valence-corrected chi connectivity index (χ2v) is 3.63. The summed E-state index contributed by atoms with van der Waals surface area (Å²) in [5.74, 6) is -0.553. The first kappa shape index (κ1) is 13.9. The molecule has 0 aromatic heterocycles. The molecule has 0 saturated carbocycles. The molecule has 0 aliphatic heterocycles. The Balaban J connectivity index is 3.90. The molecule has 0 bridgehead atoms. The van der Waals surface area contributed by atoms with Crippen molar-refractivity contribution in [3.05, 3.63) is 0 Å². The van der Waals surface area contributed by atoms with Gasteiger partial charge in [-0.15, -0.1) is 0 Å². The second kappa shape index (κ2) is 8.26. The van der Waals surface area contributed by atoms with Gasteiger partial charge in [-0.1, -0.05) is 32.6 Å². The zero-order valence-electron chi connectivity index (χ0n) is 9.84. The lowest BCUT2D eigenvalue weighted by Gasteiger charge is -2.14. The SMILES string of the molecule is CCCCCCC(NC(C)=O)C(=O)OC. The molecule has 0 spiro atoms. The summed E-state index contributed by atoms with van der Waals surface area (Å²) in [4.78, 5) is 22.1. The van der Waals surface area contributed by atoms with Crippen LogP contribution in [0.25, 0.3) is 0 Å². The summed E-state index contributed by atoms with van der Waals surface area (Å²) in [7, 11) is 1.34. The number of hydrogen-bond donors (Lipinski definition) is 1. The zero-order valence-corrected chi connectivity index (χ0v) is 9.84. The molecule has 0 rings (SSSR count). The molecule has 0 saturated heterocycles. The van der Waals surface area contributed by atoms with E-state index in [0.29, 0.717) is 6.42 Å². The lowest BCUT2D eigenvalue weighted by Crippen LogP contribution is -2.40. The van der Waals surface area contributed by atoms with E-state index in [1.165, 1.54) is 14.0 Å². The van der Waals surface area contributed by atoms with Crippen LogP contribution in [0.15, 0.2) is 0 Å². The van der Waals surface area contributed by atoms with Crippen LogP contribution in [0.2, 0.25) is 0 Å². The van der Waals surface area contributed by atoms with Crippen LogP contribution in [-0.4, -0.2) is 25.0 Å². The Labute approximate surface area is 91.4 Å². The highest BCUT2D eigenvalue weighted by atomic mass is 16.5. The van der Waals surface area contributed by atoms with Gasteiger partial charge < -0.3 is 10.1 Å². The maximum atomic E-state index is 11.3. The van der Waals surface area contributed by atoms with Crippen LogP contribution in [0, 0.1) is 0 Å². The highest BCUT2D eigenvalue weighted by Crippen LogP contribution is 2.06. The minimum Gasteiger partial charge on any atom is -0.467 e. The number of ether oxygens (including phenoxy) is 1. The van der Waals surface area contributed by atoms with Crippen molar-refractivity contribution < 1.29 is 14.3 Å². The number of carbonyl (C=O) groups excluding carboxylic acids is 2. The number of unbranched alkanes of at least 4 members (excludes halogenated alkanes) is 3. The van der Waals surface area contributed by atoms with E-state index in [1.807, 2.05) is 0 Å². The van der Waals surface area contributed by atoms with Gasteiger partial charge in [-0.05, 0) is 6.42 Å². The molecular formula is C11H21NO3. The molecule has 88 valence electrons. The molecule has 0 aliphatic rings. The van der Waals surface area contributed by atoms with Gasteiger partial charge in [0.2, 0.25) is 5.91 Å². The lowest BCUT2D eigenvalue weighted by atomic mass is 10.1. The van der Waals surface area contributed by atoms with Crippen LogP contribution >= 0.6 is 0 Å². The second-order valence-electron chi connectivity index (χ2n) is 3.63. The van der Waals surface area contributed by atoms with Crippen LogP contribution in [0.3, 0.4) is 0 Å². The summed E-state index contributed by atoms with van der Waals surface area (Å²) in [6, 6.07) is -0.482. The fourth-order valence-electron chi connectivity index (χ4n) is 1.41. The molecule has 0 aromatic carbocycles. The van der Waals surface area contributed by atoms with Crippen molar-refractivity contribution in [3.63, 3.8) is 0 Å². The summed E-state index contributed by atoms with van der Waals surface area (Å²) in [5, 5.41) is 2.59. The summed E-state index contributed by atoms with van der Waals surface area (Å²) >= 11 is 0. The largest absolute Gasteiger partial charge is 0.467 e. The first-order valence-corrected chi connectivity index (χ1v) is 5.46. The quantitative estimate of drug-likeness (QED) is 0.519. The third-order valence-corrected chi connectivity index (χ3v) is 2.21. The predicted molar refractivity (Wildman–Crippen MR) is 58.4 cm³/mol. The smallest absolute Gasteiger partial charge is 0.328 e. The molecule has 0 aromatic rings. The number of methoxy groups -OCH3 is 1. The third kappa shape index (κ3) is 6.94. The van der Waals surface area contributed by atoms with Crippen molar-refractivity contribution in [1.29, 1.82) is 0 Å². The Morgan fingerprint density at radius 3 is 2.40 bits per heavy atom. The number of rotatable bonds is 7. The van der Waals surface area contributed by atoms with E-state index < -0.39 is 6.04 Å². The Bertz CT molecular complexity index is 204. The van der Waals surface area contributed by atoms with Crippen LogP contribution in [0.4, 0.5) is 0 Å². The van der Waals surface area contributed by atoms with Gasteiger partial charge >= 0.3 is 5.97 Å². The Kier molecular flexibility index (Phi) is 7.68. The van der Waals surface area contributed by atoms with Gasteiger partial charge in [-0.25, -0.2) is 4.79 Å². The molecule has 1 N–H and O–H groups in total. The minimum absolute atomic E-state index is 0.194. The number of carbonyl (C=O) groups is 2. The molecule has 1 atom stereocenters. The zero-order chi connectivity index (χ0) is 11.7. The van der Waals surface area contributed by atoms with Crippen molar-refractivity contribution in [1.82, 2.24) is 5.32 Å². The normalized spacial score (nSPS) is 11.9. The molecule has 0 aliphatic carbocycles. The first-order valence-electron chi connectivity index (χ1n) is 5.46. The number of esters is 1. The summed E-state index contributed by atoms with van der Waals surface area (Å²) in [6.45, 7) is 3.54. The van der Waals surface area contributed by atoms with E-state index in [4.69, 9.17) is 0 Å². The first-order chi connectivity index (χ1) is 7.11. The minimum atomic E-state index is -0.482. The van der Waals surface area contributed by atoms with Crippen molar-refractivity contribution in [2.45, 2.75) is 52.0 Å². The molecule has 1 amide bonds. The van der Waals surface area contributed by atoms with Crippen LogP contribution in [0.1, 0.15) is 46.0 Å². The van der Waals surface area contributed by atoms with E-state index in [-0.39, 0.29) is 11.9 Å². The molecule has 0 heterocycles. The Morgan fingerprint density at radius 1 is 1.27 bits per heavy atom.